The van der Waals surface area contributed by atoms with Crippen molar-refractivity contribution >= 4 is 27.5 Å². The van der Waals surface area contributed by atoms with Crippen LogP contribution in [0.1, 0.15) is 6.42 Å². The van der Waals surface area contributed by atoms with Crippen LogP contribution in [0.25, 0.3) is 0 Å². The van der Waals surface area contributed by atoms with Crippen molar-refractivity contribution in [2.75, 3.05) is 24.2 Å². The average molecular weight is 311 g/mol. The van der Waals surface area contributed by atoms with Gasteiger partial charge < -0.3 is 5.32 Å². The number of benzene rings is 1. The largest absolute Gasteiger partial charge is 0.304 e. The molecule has 8 heteroatoms. The molecule has 0 saturated carbocycles. The highest BCUT2D eigenvalue weighted by Gasteiger charge is 2.38. The molecule has 0 spiro atoms. The molecule has 2 N–H and O–H groups in total. The number of rotatable bonds is 6. The lowest BCUT2D eigenvalue weighted by Gasteiger charge is -2.15. The number of sulfonamides is 1. The number of imide groups is 1. The van der Waals surface area contributed by atoms with Crippen LogP contribution in [0, 0.1) is 0 Å². The molecule has 1 unspecified atom stereocenters. The van der Waals surface area contributed by atoms with Gasteiger partial charge in [0, 0.05) is 13.1 Å². The van der Waals surface area contributed by atoms with E-state index in [1.165, 1.54) is 0 Å². The van der Waals surface area contributed by atoms with Crippen molar-refractivity contribution in [1.82, 2.24) is 10.0 Å². The van der Waals surface area contributed by atoms with Crippen LogP contribution in [0.15, 0.2) is 30.3 Å². The Morgan fingerprint density at radius 2 is 1.86 bits per heavy atom. The lowest BCUT2D eigenvalue weighted by molar-refractivity contribution is -0.121. The minimum absolute atomic E-state index is 0.0760. The molecule has 1 atom stereocenters. The summed E-state index contributed by atoms with van der Waals surface area (Å²) in [6.45, 7) is 0.446. The lowest BCUT2D eigenvalue weighted by atomic mass is 10.2. The van der Waals surface area contributed by atoms with Gasteiger partial charge in [-0.1, -0.05) is 18.2 Å². The van der Waals surface area contributed by atoms with Gasteiger partial charge in [0.05, 0.1) is 24.4 Å². The van der Waals surface area contributed by atoms with Crippen LogP contribution in [0.3, 0.4) is 0 Å². The number of anilines is 1. The second kappa shape index (κ2) is 6.33. The van der Waals surface area contributed by atoms with Gasteiger partial charge in [-0.3, -0.25) is 9.59 Å². The molecule has 2 rings (SSSR count). The molecule has 1 fully saturated rings. The predicted octanol–water partition coefficient (Wildman–Crippen LogP) is -0.543. The van der Waals surface area contributed by atoms with E-state index in [9.17, 15) is 18.0 Å². The van der Waals surface area contributed by atoms with Gasteiger partial charge in [-0.15, -0.1) is 0 Å². The number of hydrogen-bond acceptors (Lipinski definition) is 5. The zero-order chi connectivity index (χ0) is 15.5. The Balaban J connectivity index is 1.93. The summed E-state index contributed by atoms with van der Waals surface area (Å²) >= 11 is 0. The summed E-state index contributed by atoms with van der Waals surface area (Å²) in [5.41, 5.74) is 0.547. The highest BCUT2D eigenvalue weighted by Crippen LogP contribution is 2.22. The molecule has 114 valence electrons. The van der Waals surface area contributed by atoms with Gasteiger partial charge in [-0.25, -0.2) is 18.0 Å². The van der Waals surface area contributed by atoms with Crippen LogP contribution < -0.4 is 14.9 Å². The van der Waals surface area contributed by atoms with Crippen molar-refractivity contribution in [3.63, 3.8) is 0 Å². The number of hydrogen-bond donors (Lipinski definition) is 2. The molecule has 0 radical (unpaired) electrons. The second-order valence-electron chi connectivity index (χ2n) is 4.78. The first-order chi connectivity index (χ1) is 9.88. The minimum Gasteiger partial charge on any atom is -0.304 e. The summed E-state index contributed by atoms with van der Waals surface area (Å²) in [6.07, 6.45) is 1.14. The van der Waals surface area contributed by atoms with E-state index in [4.69, 9.17) is 0 Å². The Kier molecular flexibility index (Phi) is 4.71. The molecule has 1 aromatic rings. The molecule has 1 aliphatic heterocycles. The van der Waals surface area contributed by atoms with Gasteiger partial charge in [-0.2, -0.15) is 0 Å². The summed E-state index contributed by atoms with van der Waals surface area (Å²) in [5.74, 6) is -0.578. The van der Waals surface area contributed by atoms with Crippen LogP contribution in [-0.4, -0.2) is 45.6 Å². The Morgan fingerprint density at radius 3 is 2.48 bits per heavy atom. The number of carbonyl (C=O) groups is 2. The maximum Gasteiger partial charge on any atom is 0.251 e. The van der Waals surface area contributed by atoms with Gasteiger partial charge in [0.15, 0.2) is 0 Å². The molecule has 1 aromatic carbocycles. The predicted molar refractivity (Wildman–Crippen MR) is 78.2 cm³/mol. The topological polar surface area (TPSA) is 95.6 Å². The number of amides is 2. The fourth-order valence-corrected chi connectivity index (χ4v) is 2.60. The molecular weight excluding hydrogens is 294 g/mol. The number of carbonyl (C=O) groups excluding carboxylic acids is 2. The van der Waals surface area contributed by atoms with Crippen LogP contribution >= 0.6 is 0 Å². The molecule has 0 aromatic heterocycles. The van der Waals surface area contributed by atoms with E-state index < -0.39 is 16.1 Å². The van der Waals surface area contributed by atoms with E-state index in [0.717, 1.165) is 11.2 Å². The van der Waals surface area contributed by atoms with Crippen molar-refractivity contribution in [2.45, 2.75) is 12.5 Å². The quantitative estimate of drug-likeness (QED) is 0.543. The molecule has 21 heavy (non-hydrogen) atoms. The third kappa shape index (κ3) is 4.10. The van der Waals surface area contributed by atoms with E-state index in [1.807, 2.05) is 0 Å². The molecular formula is C13H17N3O4S. The van der Waals surface area contributed by atoms with Gasteiger partial charge in [-0.05, 0) is 12.1 Å². The Morgan fingerprint density at radius 1 is 1.19 bits per heavy atom. The molecule has 1 heterocycles. The summed E-state index contributed by atoms with van der Waals surface area (Å²) < 4.78 is 24.1. The van der Waals surface area contributed by atoms with Crippen LogP contribution in [0.4, 0.5) is 5.69 Å². The monoisotopic (exact) mass is 311 g/mol. The summed E-state index contributed by atoms with van der Waals surface area (Å²) in [7, 11) is -3.25. The third-order valence-corrected chi connectivity index (χ3v) is 3.77. The van der Waals surface area contributed by atoms with Crippen molar-refractivity contribution in [3.8, 4) is 0 Å². The van der Waals surface area contributed by atoms with Crippen LogP contribution in [-0.2, 0) is 19.6 Å². The average Bonchev–Trinajstić information content (AvgIpc) is 2.69. The van der Waals surface area contributed by atoms with Gasteiger partial charge in [0.2, 0.25) is 15.9 Å². The third-order valence-electron chi connectivity index (χ3n) is 3.04. The fourth-order valence-electron chi connectivity index (χ4n) is 2.12. The van der Waals surface area contributed by atoms with Crippen molar-refractivity contribution in [1.29, 1.82) is 0 Å². The number of para-hydroxylation sites is 1. The first kappa shape index (κ1) is 15.6. The highest BCUT2D eigenvalue weighted by atomic mass is 32.2. The van der Waals surface area contributed by atoms with E-state index in [0.29, 0.717) is 5.69 Å². The minimum atomic E-state index is -3.25. The first-order valence-corrected chi connectivity index (χ1v) is 8.37. The van der Waals surface area contributed by atoms with E-state index in [2.05, 4.69) is 10.0 Å². The van der Waals surface area contributed by atoms with E-state index in [1.54, 1.807) is 30.3 Å². The summed E-state index contributed by atoms with van der Waals surface area (Å²) in [6, 6.07) is 8.10. The number of nitrogens with one attached hydrogen (secondary N) is 2. The molecule has 2 amide bonds. The molecule has 1 aliphatic rings. The van der Waals surface area contributed by atoms with E-state index in [-0.39, 0.29) is 31.3 Å². The van der Waals surface area contributed by atoms with E-state index >= 15 is 0 Å². The molecule has 0 aliphatic carbocycles. The fraction of sp³-hybridized carbons (Fsp3) is 0.385. The standard InChI is InChI=1S/C13H17N3O4S/c1-21(19,20)15-8-7-14-11-9-12(17)16(13(11)18)10-5-3-2-4-6-10/h2-6,11,14-15H,7-9H2,1H3. The van der Waals surface area contributed by atoms with Crippen molar-refractivity contribution < 1.29 is 18.0 Å². The smallest absolute Gasteiger partial charge is 0.251 e. The normalized spacial score (nSPS) is 19.3. The van der Waals surface area contributed by atoms with Crippen LogP contribution in [0.5, 0.6) is 0 Å². The zero-order valence-electron chi connectivity index (χ0n) is 11.6. The Hall–Kier alpha value is -1.77. The number of nitrogens with zero attached hydrogens (tertiary/aromatic N) is 1. The van der Waals surface area contributed by atoms with Crippen LogP contribution in [0.2, 0.25) is 0 Å². The molecule has 7 nitrogen and oxygen atoms in total. The van der Waals surface area contributed by atoms with Crippen molar-refractivity contribution in [3.05, 3.63) is 30.3 Å². The molecule has 1 saturated heterocycles. The maximum atomic E-state index is 12.2. The zero-order valence-corrected chi connectivity index (χ0v) is 12.4. The summed E-state index contributed by atoms with van der Waals surface area (Å²) in [5, 5.41) is 2.90. The van der Waals surface area contributed by atoms with Gasteiger partial charge >= 0.3 is 0 Å². The highest BCUT2D eigenvalue weighted by molar-refractivity contribution is 7.88. The van der Waals surface area contributed by atoms with Gasteiger partial charge in [0.25, 0.3) is 5.91 Å². The van der Waals surface area contributed by atoms with Crippen molar-refractivity contribution in [2.24, 2.45) is 0 Å². The lowest BCUT2D eigenvalue weighted by Crippen LogP contribution is -2.42. The summed E-state index contributed by atoms with van der Waals surface area (Å²) in [4.78, 5) is 25.3. The molecule has 0 bridgehead atoms. The first-order valence-electron chi connectivity index (χ1n) is 6.48. The Bertz CT molecular complexity index is 630. The second-order valence-corrected chi connectivity index (χ2v) is 6.61. The Labute approximate surface area is 123 Å². The van der Waals surface area contributed by atoms with Gasteiger partial charge in [0.1, 0.15) is 0 Å². The SMILES string of the molecule is CS(=O)(=O)NCCNC1CC(=O)N(c2ccccc2)C1=O. The maximum absolute atomic E-state index is 12.2.